The zero-order valence-electron chi connectivity index (χ0n) is 9.98. The van der Waals surface area contributed by atoms with Gasteiger partial charge in [0.2, 0.25) is 5.88 Å². The molecular formula is C13H10F2N2OS. The van der Waals surface area contributed by atoms with E-state index < -0.39 is 11.6 Å². The van der Waals surface area contributed by atoms with Crippen LogP contribution in [0.2, 0.25) is 0 Å². The van der Waals surface area contributed by atoms with Gasteiger partial charge >= 0.3 is 0 Å². The largest absolute Gasteiger partial charge is 0.438 e. The number of pyridine rings is 1. The Balaban J connectivity index is 2.40. The van der Waals surface area contributed by atoms with Gasteiger partial charge in [0.1, 0.15) is 10.7 Å². The lowest BCUT2D eigenvalue weighted by Gasteiger charge is -2.11. The molecule has 19 heavy (non-hydrogen) atoms. The van der Waals surface area contributed by atoms with Crippen molar-refractivity contribution in [2.45, 2.75) is 6.92 Å². The van der Waals surface area contributed by atoms with Crippen molar-refractivity contribution in [2.75, 3.05) is 0 Å². The summed E-state index contributed by atoms with van der Waals surface area (Å²) < 4.78 is 31.3. The van der Waals surface area contributed by atoms with E-state index in [1.54, 1.807) is 13.0 Å². The minimum absolute atomic E-state index is 0.120. The van der Waals surface area contributed by atoms with Crippen molar-refractivity contribution in [3.8, 4) is 11.6 Å². The second-order valence-electron chi connectivity index (χ2n) is 3.85. The van der Waals surface area contributed by atoms with Crippen LogP contribution in [0.3, 0.4) is 0 Å². The van der Waals surface area contributed by atoms with Gasteiger partial charge in [0.25, 0.3) is 0 Å². The summed E-state index contributed by atoms with van der Waals surface area (Å²) in [5.74, 6) is -1.66. The first-order valence-electron chi connectivity index (χ1n) is 5.37. The predicted molar refractivity (Wildman–Crippen MR) is 71.3 cm³/mol. The molecular weight excluding hydrogens is 270 g/mol. The molecule has 98 valence electrons. The molecule has 2 aromatic rings. The minimum Gasteiger partial charge on any atom is -0.438 e. The Morgan fingerprint density at radius 3 is 2.63 bits per heavy atom. The van der Waals surface area contributed by atoms with Crippen molar-refractivity contribution in [2.24, 2.45) is 5.73 Å². The summed E-state index contributed by atoms with van der Waals surface area (Å²) in [6.45, 7) is 1.80. The molecule has 1 heterocycles. The number of hydrogen-bond donors (Lipinski definition) is 1. The SMILES string of the molecule is Cc1ccnc(Oc2ccc(F)c(F)c2)c1C(N)=S. The predicted octanol–water partition coefficient (Wildman–Crippen LogP) is 3.09. The molecule has 6 heteroatoms. The van der Waals surface area contributed by atoms with Gasteiger partial charge in [-0.3, -0.25) is 0 Å². The van der Waals surface area contributed by atoms with Crippen LogP contribution in [0.25, 0.3) is 0 Å². The molecule has 3 nitrogen and oxygen atoms in total. The topological polar surface area (TPSA) is 48.1 Å². The number of thiocarbonyl (C=S) groups is 1. The number of rotatable bonds is 3. The number of aryl methyl sites for hydroxylation is 1. The molecule has 0 saturated carbocycles. The molecule has 0 radical (unpaired) electrons. The molecule has 2 N–H and O–H groups in total. The summed E-state index contributed by atoms with van der Waals surface area (Å²) in [4.78, 5) is 4.13. The molecule has 0 spiro atoms. The lowest BCUT2D eigenvalue weighted by atomic mass is 10.1. The number of ether oxygens (including phenoxy) is 1. The number of benzene rings is 1. The summed E-state index contributed by atoms with van der Waals surface area (Å²) in [5.41, 5.74) is 6.87. The van der Waals surface area contributed by atoms with Gasteiger partial charge in [-0.1, -0.05) is 12.2 Å². The first-order valence-corrected chi connectivity index (χ1v) is 5.78. The smallest absolute Gasteiger partial charge is 0.229 e. The fourth-order valence-corrected chi connectivity index (χ4v) is 1.81. The van der Waals surface area contributed by atoms with Crippen LogP contribution in [0.15, 0.2) is 30.5 Å². The van der Waals surface area contributed by atoms with E-state index in [1.165, 1.54) is 12.3 Å². The number of hydrogen-bond acceptors (Lipinski definition) is 3. The van der Waals surface area contributed by atoms with Crippen LogP contribution in [0.5, 0.6) is 11.6 Å². The van der Waals surface area contributed by atoms with E-state index in [9.17, 15) is 8.78 Å². The second kappa shape index (κ2) is 5.27. The monoisotopic (exact) mass is 280 g/mol. The Kier molecular flexibility index (Phi) is 3.71. The Labute approximate surface area is 114 Å². The third-order valence-corrected chi connectivity index (χ3v) is 2.68. The van der Waals surface area contributed by atoms with Gasteiger partial charge in [-0.05, 0) is 30.7 Å². The summed E-state index contributed by atoms with van der Waals surface area (Å²) in [7, 11) is 0. The maximum atomic E-state index is 13.1. The van der Waals surface area contributed by atoms with Crippen LogP contribution in [0.4, 0.5) is 8.78 Å². The van der Waals surface area contributed by atoms with Crippen LogP contribution < -0.4 is 10.5 Å². The number of halogens is 2. The lowest BCUT2D eigenvalue weighted by Crippen LogP contribution is -2.13. The van der Waals surface area contributed by atoms with Crippen molar-refractivity contribution in [1.82, 2.24) is 4.98 Å². The van der Waals surface area contributed by atoms with Gasteiger partial charge in [-0.2, -0.15) is 0 Å². The van der Waals surface area contributed by atoms with Gasteiger partial charge in [-0.25, -0.2) is 13.8 Å². The quantitative estimate of drug-likeness (QED) is 0.878. The summed E-state index contributed by atoms with van der Waals surface area (Å²) in [6, 6.07) is 4.93. The maximum absolute atomic E-state index is 13.1. The number of nitrogens with two attached hydrogens (primary N) is 1. The molecule has 0 fully saturated rings. The first-order chi connectivity index (χ1) is 8.99. The Bertz CT molecular complexity index is 647. The van der Waals surface area contributed by atoms with Gasteiger partial charge in [0.15, 0.2) is 11.6 Å². The third-order valence-electron chi connectivity index (χ3n) is 2.48. The van der Waals surface area contributed by atoms with Crippen molar-refractivity contribution in [1.29, 1.82) is 0 Å². The van der Waals surface area contributed by atoms with Crippen LogP contribution in [-0.2, 0) is 0 Å². The Morgan fingerprint density at radius 2 is 2.00 bits per heavy atom. The first kappa shape index (κ1) is 13.4. The van der Waals surface area contributed by atoms with Crippen LogP contribution in [0.1, 0.15) is 11.1 Å². The molecule has 1 aromatic carbocycles. The van der Waals surface area contributed by atoms with E-state index in [4.69, 9.17) is 22.7 Å². The molecule has 0 atom stereocenters. The van der Waals surface area contributed by atoms with Crippen molar-refractivity contribution >= 4 is 17.2 Å². The van der Waals surface area contributed by atoms with Gasteiger partial charge in [-0.15, -0.1) is 0 Å². The van der Waals surface area contributed by atoms with E-state index in [2.05, 4.69) is 4.98 Å². The van der Waals surface area contributed by atoms with E-state index in [0.29, 0.717) is 5.56 Å². The van der Waals surface area contributed by atoms with Crippen LogP contribution in [0, 0.1) is 18.6 Å². The molecule has 0 bridgehead atoms. The molecule has 0 unspecified atom stereocenters. The Morgan fingerprint density at radius 1 is 1.26 bits per heavy atom. The van der Waals surface area contributed by atoms with E-state index in [0.717, 1.165) is 17.7 Å². The van der Waals surface area contributed by atoms with Gasteiger partial charge in [0, 0.05) is 12.3 Å². The number of nitrogens with zero attached hydrogens (tertiary/aromatic N) is 1. The highest BCUT2D eigenvalue weighted by Gasteiger charge is 2.13. The third kappa shape index (κ3) is 2.85. The average molecular weight is 280 g/mol. The molecule has 1 aromatic heterocycles. The van der Waals surface area contributed by atoms with E-state index in [1.807, 2.05) is 0 Å². The Hall–Kier alpha value is -2.08. The molecule has 0 saturated heterocycles. The molecule has 0 aliphatic heterocycles. The fourth-order valence-electron chi connectivity index (χ4n) is 1.56. The molecule has 0 aliphatic carbocycles. The lowest BCUT2D eigenvalue weighted by molar-refractivity contribution is 0.446. The minimum atomic E-state index is -0.998. The highest BCUT2D eigenvalue weighted by molar-refractivity contribution is 7.80. The highest BCUT2D eigenvalue weighted by atomic mass is 32.1. The van der Waals surface area contributed by atoms with E-state index >= 15 is 0 Å². The molecule has 0 amide bonds. The van der Waals surface area contributed by atoms with E-state index in [-0.39, 0.29) is 16.6 Å². The zero-order chi connectivity index (χ0) is 14.0. The highest BCUT2D eigenvalue weighted by Crippen LogP contribution is 2.26. The maximum Gasteiger partial charge on any atom is 0.229 e. The normalized spacial score (nSPS) is 10.3. The van der Waals surface area contributed by atoms with Crippen LogP contribution >= 0.6 is 12.2 Å². The summed E-state index contributed by atoms with van der Waals surface area (Å²) >= 11 is 4.92. The van der Waals surface area contributed by atoms with Gasteiger partial charge < -0.3 is 10.5 Å². The van der Waals surface area contributed by atoms with Crippen molar-refractivity contribution in [3.05, 3.63) is 53.2 Å². The summed E-state index contributed by atoms with van der Waals surface area (Å²) in [6.07, 6.45) is 1.52. The van der Waals surface area contributed by atoms with Crippen LogP contribution in [-0.4, -0.2) is 9.97 Å². The van der Waals surface area contributed by atoms with Gasteiger partial charge in [0.05, 0.1) is 5.56 Å². The van der Waals surface area contributed by atoms with Crippen molar-refractivity contribution < 1.29 is 13.5 Å². The summed E-state index contributed by atoms with van der Waals surface area (Å²) in [5, 5.41) is 0. The standard InChI is InChI=1S/C13H10F2N2OS/c1-7-4-5-17-13(11(7)12(16)19)18-8-2-3-9(14)10(15)6-8/h2-6H,1H3,(H2,16,19). The zero-order valence-corrected chi connectivity index (χ0v) is 10.8. The average Bonchev–Trinajstić information content (AvgIpc) is 2.33. The fraction of sp³-hybridized carbons (Fsp3) is 0.0769. The molecule has 2 rings (SSSR count). The molecule has 0 aliphatic rings. The van der Waals surface area contributed by atoms with Crippen molar-refractivity contribution in [3.63, 3.8) is 0 Å². The second-order valence-corrected chi connectivity index (χ2v) is 4.29. The number of aromatic nitrogens is 1.